The van der Waals surface area contributed by atoms with Crippen LogP contribution in [-0.4, -0.2) is 13.1 Å². The van der Waals surface area contributed by atoms with Crippen molar-refractivity contribution in [1.29, 1.82) is 0 Å². The topological polar surface area (TPSA) is 35.5 Å². The van der Waals surface area contributed by atoms with Gasteiger partial charge in [-0.05, 0) is 130 Å². The molecule has 0 fully saturated rings. The van der Waals surface area contributed by atoms with E-state index >= 15 is 0 Å². The monoisotopic (exact) mass is 490 g/mol. The molecule has 3 aromatic rings. The molecule has 0 bridgehead atoms. The van der Waals surface area contributed by atoms with Crippen molar-refractivity contribution < 1.29 is 14.3 Å². The normalized spacial score (nSPS) is 10.0. The number of benzene rings is 3. The minimum Gasteiger partial charge on any atom is -0.496 e. The third kappa shape index (κ3) is 6.19. The van der Waals surface area contributed by atoms with Crippen molar-refractivity contribution in [1.82, 2.24) is 0 Å². The summed E-state index contributed by atoms with van der Waals surface area (Å²) in [6.07, 6.45) is 0.843. The number of esters is 1. The Bertz CT molecular complexity index is 1130. The molecule has 0 aliphatic rings. The predicted octanol–water partition coefficient (Wildman–Crippen LogP) is 9.02. The summed E-state index contributed by atoms with van der Waals surface area (Å²) in [5, 5.41) is 0. The lowest BCUT2D eigenvalue weighted by Crippen LogP contribution is -2.13. The van der Waals surface area contributed by atoms with Gasteiger partial charge in [0.05, 0.1) is 12.7 Å². The maximum absolute atomic E-state index is 12.7. The summed E-state index contributed by atoms with van der Waals surface area (Å²) in [5.41, 5.74) is 12.5. The van der Waals surface area contributed by atoms with Crippen molar-refractivity contribution in [2.24, 2.45) is 0 Å². The van der Waals surface area contributed by atoms with E-state index in [1.165, 1.54) is 44.5 Å². The molecule has 3 rings (SSSR count). The third-order valence-corrected chi connectivity index (χ3v) is 7.18. The van der Waals surface area contributed by atoms with Gasteiger partial charge in [-0.15, -0.1) is 0 Å². The van der Waals surface area contributed by atoms with Crippen molar-refractivity contribution >= 4 is 5.97 Å². The average Bonchev–Trinajstić information content (AvgIpc) is 2.91. The summed E-state index contributed by atoms with van der Waals surface area (Å²) in [6.45, 7) is 25.0. The molecule has 196 valence electrons. The van der Waals surface area contributed by atoms with Gasteiger partial charge in [0, 0.05) is 0 Å². The van der Waals surface area contributed by atoms with Gasteiger partial charge in [0.25, 0.3) is 0 Å². The average molecular weight is 491 g/mol. The quantitative estimate of drug-likeness (QED) is 0.264. The van der Waals surface area contributed by atoms with Gasteiger partial charge in [0.15, 0.2) is 0 Å². The minimum absolute atomic E-state index is 0.323. The van der Waals surface area contributed by atoms with E-state index in [0.29, 0.717) is 11.3 Å². The van der Waals surface area contributed by atoms with Crippen molar-refractivity contribution in [2.45, 2.75) is 89.5 Å². The van der Waals surface area contributed by atoms with Gasteiger partial charge in [-0.25, -0.2) is 4.79 Å². The lowest BCUT2D eigenvalue weighted by Gasteiger charge is -2.23. The highest BCUT2D eigenvalue weighted by atomic mass is 16.5. The zero-order valence-corrected chi connectivity index (χ0v) is 24.8. The number of hydrogen-bond donors (Lipinski definition) is 0. The zero-order chi connectivity index (χ0) is 27.7. The highest BCUT2D eigenvalue weighted by Gasteiger charge is 2.22. The van der Waals surface area contributed by atoms with E-state index in [0.717, 1.165) is 23.3 Å². The molecule has 0 aliphatic heterocycles. The predicted molar refractivity (Wildman–Crippen MR) is 154 cm³/mol. The number of rotatable bonds is 5. The van der Waals surface area contributed by atoms with Crippen molar-refractivity contribution in [3.05, 3.63) is 91.5 Å². The maximum Gasteiger partial charge on any atom is 0.343 e. The molecule has 0 amide bonds. The van der Waals surface area contributed by atoms with Crippen LogP contribution in [0.4, 0.5) is 0 Å². The molecule has 0 N–H and O–H groups in total. The lowest BCUT2D eigenvalue weighted by atomic mass is 9.84. The molecule has 0 aromatic heterocycles. The Balaban J connectivity index is 0.00000154. The molecule has 3 nitrogen and oxygen atoms in total. The van der Waals surface area contributed by atoms with Crippen LogP contribution in [0.1, 0.15) is 93.7 Å². The molecule has 3 aromatic carbocycles. The fraction of sp³-hybridized carbons (Fsp3) is 0.424. The van der Waals surface area contributed by atoms with Crippen LogP contribution in [0, 0.1) is 55.4 Å². The Labute approximate surface area is 219 Å². The number of methoxy groups -OCH3 is 1. The molecule has 0 aliphatic carbocycles. The van der Waals surface area contributed by atoms with Gasteiger partial charge >= 0.3 is 5.97 Å². The fourth-order valence-corrected chi connectivity index (χ4v) is 4.60. The third-order valence-electron chi connectivity index (χ3n) is 7.18. The number of ether oxygens (including phenoxy) is 2. The Morgan fingerprint density at radius 2 is 0.944 bits per heavy atom. The second kappa shape index (κ2) is 13.9. The van der Waals surface area contributed by atoms with E-state index in [9.17, 15) is 4.79 Å². The first-order valence-corrected chi connectivity index (χ1v) is 13.1. The van der Waals surface area contributed by atoms with Crippen LogP contribution in [-0.2, 0) is 6.42 Å². The number of carbonyl (C=O) groups is 1. The second-order valence-corrected chi connectivity index (χ2v) is 8.75. The highest BCUT2D eigenvalue weighted by Crippen LogP contribution is 2.38. The zero-order valence-electron chi connectivity index (χ0n) is 24.8. The summed E-state index contributed by atoms with van der Waals surface area (Å²) < 4.78 is 11.6. The lowest BCUT2D eigenvalue weighted by molar-refractivity contribution is 0.0732. The number of hydrogen-bond acceptors (Lipinski definition) is 3. The van der Waals surface area contributed by atoms with Gasteiger partial charge in [0.1, 0.15) is 11.5 Å². The van der Waals surface area contributed by atoms with E-state index in [2.05, 4.69) is 41.5 Å². The maximum atomic E-state index is 12.7. The Hall–Kier alpha value is -3.07. The molecule has 0 saturated heterocycles. The summed E-state index contributed by atoms with van der Waals surface area (Å²) in [4.78, 5) is 12.7. The highest BCUT2D eigenvalue weighted by molar-refractivity contribution is 5.91. The van der Waals surface area contributed by atoms with Gasteiger partial charge in [-0.3, -0.25) is 0 Å². The minimum atomic E-state index is -0.323. The van der Waals surface area contributed by atoms with E-state index < -0.39 is 0 Å². The van der Waals surface area contributed by atoms with Gasteiger partial charge < -0.3 is 9.47 Å². The molecule has 0 radical (unpaired) electrons. The molecule has 0 atom stereocenters. The van der Waals surface area contributed by atoms with Crippen LogP contribution < -0.4 is 9.47 Å². The first-order valence-electron chi connectivity index (χ1n) is 13.1. The fourth-order valence-electron chi connectivity index (χ4n) is 4.60. The molecule has 3 heteroatoms. The second-order valence-electron chi connectivity index (χ2n) is 8.75. The first-order chi connectivity index (χ1) is 17.1. The summed E-state index contributed by atoms with van der Waals surface area (Å²) >= 11 is 0. The molecule has 0 spiro atoms. The van der Waals surface area contributed by atoms with Crippen molar-refractivity contribution in [2.75, 3.05) is 7.11 Å². The molecule has 0 heterocycles. The Morgan fingerprint density at radius 3 is 1.31 bits per heavy atom. The molecule has 0 saturated carbocycles. The SMILES string of the molecule is CC.CC.COc1c(C)c(C)c(Cc2c(C)c(C)c(OC(=O)c3ccccc3)c(C)c2C)c(C)c1C. The summed E-state index contributed by atoms with van der Waals surface area (Å²) in [5.74, 6) is 1.33. The summed E-state index contributed by atoms with van der Waals surface area (Å²) in [7, 11) is 1.74. The van der Waals surface area contributed by atoms with Crippen molar-refractivity contribution in [3.63, 3.8) is 0 Å². The Kier molecular flexibility index (Phi) is 11.9. The summed E-state index contributed by atoms with van der Waals surface area (Å²) in [6, 6.07) is 9.14. The smallest absolute Gasteiger partial charge is 0.343 e. The van der Waals surface area contributed by atoms with Crippen LogP contribution in [0.25, 0.3) is 0 Å². The van der Waals surface area contributed by atoms with E-state index in [-0.39, 0.29) is 5.97 Å². The standard InChI is InChI=1S/C29H34O3.2C2H6/c1-16-20(5)27(31-9)21(6)17(2)25(16)15-26-18(3)22(7)28(23(8)19(26)4)32-29(30)24-13-11-10-12-14-24;2*1-2/h10-14H,15H2,1-9H3;2*1-2H3. The van der Waals surface area contributed by atoms with Crippen LogP contribution in [0.5, 0.6) is 11.5 Å². The van der Waals surface area contributed by atoms with Crippen LogP contribution in [0.2, 0.25) is 0 Å². The van der Waals surface area contributed by atoms with Crippen LogP contribution in [0.15, 0.2) is 30.3 Å². The van der Waals surface area contributed by atoms with E-state index in [4.69, 9.17) is 9.47 Å². The van der Waals surface area contributed by atoms with Crippen LogP contribution >= 0.6 is 0 Å². The number of carbonyl (C=O) groups excluding carboxylic acids is 1. The molecule has 0 unspecified atom stereocenters. The van der Waals surface area contributed by atoms with E-state index in [1.54, 1.807) is 19.2 Å². The Morgan fingerprint density at radius 1 is 0.583 bits per heavy atom. The van der Waals surface area contributed by atoms with Crippen molar-refractivity contribution in [3.8, 4) is 11.5 Å². The van der Waals surface area contributed by atoms with Gasteiger partial charge in [-0.2, -0.15) is 0 Å². The largest absolute Gasteiger partial charge is 0.496 e. The van der Waals surface area contributed by atoms with E-state index in [1.807, 2.05) is 59.7 Å². The van der Waals surface area contributed by atoms with Crippen LogP contribution in [0.3, 0.4) is 0 Å². The van der Waals surface area contributed by atoms with Gasteiger partial charge in [0.2, 0.25) is 0 Å². The molecular formula is C33H46O3. The first kappa shape index (κ1) is 31.0. The molecule has 36 heavy (non-hydrogen) atoms. The molecular weight excluding hydrogens is 444 g/mol. The van der Waals surface area contributed by atoms with Gasteiger partial charge in [-0.1, -0.05) is 45.9 Å².